The quantitative estimate of drug-likeness (QED) is 0.277. The van der Waals surface area contributed by atoms with Crippen LogP contribution in [0.2, 0.25) is 0 Å². The second-order valence-corrected chi connectivity index (χ2v) is 7.23. The maximum Gasteiger partial charge on any atom is 0.456 e. The summed E-state index contributed by atoms with van der Waals surface area (Å²) in [4.78, 5) is 0. The van der Waals surface area contributed by atoms with E-state index < -0.39 is 18.7 Å². The molecule has 0 aromatic heterocycles. The Kier molecular flexibility index (Phi) is 9.55. The number of rotatable bonds is 13. The zero-order chi connectivity index (χ0) is 22.7. The molecule has 0 bridgehead atoms. The van der Waals surface area contributed by atoms with Crippen molar-refractivity contribution in [3.05, 3.63) is 48.5 Å². The number of hydrogen-bond donors (Lipinski definition) is 1. The summed E-state index contributed by atoms with van der Waals surface area (Å²) in [6.07, 6.45) is 0.526. The second-order valence-electron chi connectivity index (χ2n) is 7.23. The lowest BCUT2D eigenvalue weighted by atomic mass is 10.1. The van der Waals surface area contributed by atoms with E-state index in [1.807, 2.05) is 24.3 Å². The van der Waals surface area contributed by atoms with Gasteiger partial charge in [0.1, 0.15) is 11.5 Å². The Labute approximate surface area is 178 Å². The number of aliphatic hydroxyl groups is 1. The molecule has 0 saturated carbocycles. The zero-order valence-corrected chi connectivity index (χ0v) is 17.1. The molecule has 172 valence electrons. The smallest absolute Gasteiger partial charge is 0.456 e. The van der Waals surface area contributed by atoms with Crippen molar-refractivity contribution in [2.24, 2.45) is 0 Å². The van der Waals surface area contributed by atoms with Crippen molar-refractivity contribution >= 4 is 0 Å². The van der Waals surface area contributed by atoms with Crippen LogP contribution in [0.25, 0.3) is 11.1 Å². The number of ether oxygens (including phenoxy) is 2. The van der Waals surface area contributed by atoms with Gasteiger partial charge in [0.05, 0.1) is 6.61 Å². The first kappa shape index (κ1) is 24.9. The highest BCUT2D eigenvalue weighted by Gasteiger charge is 2.58. The predicted molar refractivity (Wildman–Crippen MR) is 109 cm³/mol. The average Bonchev–Trinajstić information content (AvgIpc) is 2.74. The third-order valence-electron chi connectivity index (χ3n) is 4.70. The molecule has 0 aliphatic rings. The van der Waals surface area contributed by atoms with E-state index in [1.165, 1.54) is 12.1 Å². The van der Waals surface area contributed by atoms with Crippen LogP contribution in [0.1, 0.15) is 38.5 Å². The summed E-state index contributed by atoms with van der Waals surface area (Å²) in [7, 11) is 0. The van der Waals surface area contributed by atoms with E-state index in [0.717, 1.165) is 55.4 Å². The Bertz CT molecular complexity index is 758. The molecule has 0 atom stereocenters. The summed E-state index contributed by atoms with van der Waals surface area (Å²) in [5.74, 6) is -4.23. The lowest BCUT2D eigenvalue weighted by molar-refractivity contribution is -0.290. The highest BCUT2D eigenvalue weighted by Crippen LogP contribution is 2.36. The van der Waals surface area contributed by atoms with Gasteiger partial charge in [-0.1, -0.05) is 49.9 Å². The Morgan fingerprint density at radius 2 is 1.06 bits per heavy atom. The molecule has 0 spiro atoms. The average molecular weight is 446 g/mol. The van der Waals surface area contributed by atoms with Gasteiger partial charge in [-0.2, -0.15) is 22.0 Å². The lowest BCUT2D eigenvalue weighted by Crippen LogP contribution is -2.41. The maximum atomic E-state index is 12.9. The van der Waals surface area contributed by atoms with Gasteiger partial charge in [-0.15, -0.1) is 0 Å². The van der Waals surface area contributed by atoms with Crippen LogP contribution < -0.4 is 9.47 Å². The molecule has 2 aromatic rings. The van der Waals surface area contributed by atoms with E-state index in [4.69, 9.17) is 9.84 Å². The summed E-state index contributed by atoms with van der Waals surface area (Å²) in [6, 6.07) is 13.2. The number of alkyl halides is 5. The Balaban J connectivity index is 1.77. The first-order chi connectivity index (χ1) is 14.7. The minimum Gasteiger partial charge on any atom is -0.494 e. The van der Waals surface area contributed by atoms with Crippen LogP contribution in [0.5, 0.6) is 11.5 Å². The topological polar surface area (TPSA) is 38.7 Å². The zero-order valence-electron chi connectivity index (χ0n) is 17.1. The fraction of sp³-hybridized carbons (Fsp3) is 0.478. The van der Waals surface area contributed by atoms with Crippen molar-refractivity contribution in [1.82, 2.24) is 0 Å². The molecular weight excluding hydrogens is 419 g/mol. The van der Waals surface area contributed by atoms with Crippen LogP contribution in [-0.4, -0.2) is 37.0 Å². The molecule has 2 aromatic carbocycles. The highest BCUT2D eigenvalue weighted by molar-refractivity contribution is 5.64. The minimum atomic E-state index is -5.64. The van der Waals surface area contributed by atoms with E-state index in [0.29, 0.717) is 6.61 Å². The molecule has 0 unspecified atom stereocenters. The van der Waals surface area contributed by atoms with Crippen LogP contribution in [0, 0.1) is 0 Å². The van der Waals surface area contributed by atoms with Crippen molar-refractivity contribution in [3.63, 3.8) is 0 Å². The van der Waals surface area contributed by atoms with Gasteiger partial charge in [0.15, 0.2) is 6.61 Å². The fourth-order valence-corrected chi connectivity index (χ4v) is 2.85. The lowest BCUT2D eigenvalue weighted by Gasteiger charge is -2.19. The third-order valence-corrected chi connectivity index (χ3v) is 4.70. The van der Waals surface area contributed by atoms with Crippen molar-refractivity contribution < 1.29 is 36.5 Å². The fourth-order valence-electron chi connectivity index (χ4n) is 2.85. The van der Waals surface area contributed by atoms with Crippen molar-refractivity contribution in [2.45, 2.75) is 50.6 Å². The van der Waals surface area contributed by atoms with Crippen LogP contribution in [0.15, 0.2) is 48.5 Å². The molecule has 0 aliphatic carbocycles. The molecule has 8 heteroatoms. The van der Waals surface area contributed by atoms with E-state index >= 15 is 0 Å². The van der Waals surface area contributed by atoms with E-state index in [9.17, 15) is 22.0 Å². The van der Waals surface area contributed by atoms with Gasteiger partial charge in [-0.05, 0) is 48.2 Å². The van der Waals surface area contributed by atoms with Gasteiger partial charge in [0.25, 0.3) is 0 Å². The van der Waals surface area contributed by atoms with Crippen LogP contribution in [0.4, 0.5) is 22.0 Å². The number of halogens is 5. The number of aliphatic hydroxyl groups excluding tert-OH is 1. The summed E-state index contributed by atoms with van der Waals surface area (Å²) in [5.41, 5.74) is 1.62. The normalized spacial score (nSPS) is 12.1. The molecule has 0 fully saturated rings. The van der Waals surface area contributed by atoms with Gasteiger partial charge in [0, 0.05) is 6.61 Å². The van der Waals surface area contributed by atoms with E-state index in [2.05, 4.69) is 4.74 Å². The van der Waals surface area contributed by atoms with Crippen LogP contribution >= 0.6 is 0 Å². The molecule has 31 heavy (non-hydrogen) atoms. The van der Waals surface area contributed by atoms with Crippen molar-refractivity contribution in [2.75, 3.05) is 19.8 Å². The number of unbranched alkanes of at least 4 members (excludes halogenated alkanes) is 5. The summed E-state index contributed by atoms with van der Waals surface area (Å²) >= 11 is 0. The van der Waals surface area contributed by atoms with E-state index in [1.54, 1.807) is 12.1 Å². The summed E-state index contributed by atoms with van der Waals surface area (Å²) in [5, 5.41) is 8.73. The Hall–Kier alpha value is -2.35. The minimum absolute atomic E-state index is 0.0658. The molecule has 3 nitrogen and oxygen atoms in total. The van der Waals surface area contributed by atoms with Crippen LogP contribution in [0.3, 0.4) is 0 Å². The van der Waals surface area contributed by atoms with Gasteiger partial charge >= 0.3 is 12.1 Å². The van der Waals surface area contributed by atoms with E-state index in [-0.39, 0.29) is 12.4 Å². The molecular formula is C23H27F5O3. The molecule has 0 radical (unpaired) electrons. The van der Waals surface area contributed by atoms with Crippen molar-refractivity contribution in [3.8, 4) is 22.6 Å². The van der Waals surface area contributed by atoms with Crippen molar-refractivity contribution in [1.29, 1.82) is 0 Å². The molecule has 0 amide bonds. The maximum absolute atomic E-state index is 12.9. The molecule has 0 aliphatic heterocycles. The van der Waals surface area contributed by atoms with Gasteiger partial charge in [-0.3, -0.25) is 0 Å². The van der Waals surface area contributed by atoms with Gasteiger partial charge in [-0.25, -0.2) is 0 Å². The number of benzene rings is 2. The number of hydrogen-bond acceptors (Lipinski definition) is 3. The highest BCUT2D eigenvalue weighted by atomic mass is 19.4. The molecule has 1 N–H and O–H groups in total. The molecule has 0 saturated heterocycles. The monoisotopic (exact) mass is 446 g/mol. The largest absolute Gasteiger partial charge is 0.494 e. The molecule has 0 heterocycles. The standard InChI is InChI=1S/C23H27F5O3/c24-22(25,23(26,27)28)17-31-21-13-9-19(10-14-21)18-7-11-20(12-8-18)30-16-6-4-2-1-3-5-15-29/h7-14,29H,1-6,15-17H2. The first-order valence-electron chi connectivity index (χ1n) is 10.2. The predicted octanol–water partition coefficient (Wildman–Crippen LogP) is 6.64. The third kappa shape index (κ3) is 8.36. The summed E-state index contributed by atoms with van der Waals surface area (Å²) in [6.45, 7) is -0.892. The Morgan fingerprint density at radius 3 is 1.55 bits per heavy atom. The second kappa shape index (κ2) is 11.9. The SMILES string of the molecule is OCCCCCCCCOc1ccc(-c2ccc(OCC(F)(F)C(F)(F)F)cc2)cc1. The van der Waals surface area contributed by atoms with Crippen LogP contribution in [-0.2, 0) is 0 Å². The summed E-state index contributed by atoms with van der Waals surface area (Å²) < 4.78 is 72.7. The van der Waals surface area contributed by atoms with Gasteiger partial charge in [0.2, 0.25) is 0 Å². The van der Waals surface area contributed by atoms with Gasteiger partial charge < -0.3 is 14.6 Å². The Morgan fingerprint density at radius 1 is 0.613 bits per heavy atom. The molecule has 2 rings (SSSR count). The first-order valence-corrected chi connectivity index (χ1v) is 10.2.